The number of benzene rings is 2. The molecule has 0 saturated carbocycles. The summed E-state index contributed by atoms with van der Waals surface area (Å²) in [4.78, 5) is 44.5. The summed E-state index contributed by atoms with van der Waals surface area (Å²) in [5.74, 6) is -1.53. The molecule has 0 atom stereocenters. The number of carbonyl (C=O) groups excluding carboxylic acids is 3. The maximum atomic E-state index is 11.9. The van der Waals surface area contributed by atoms with Crippen LogP contribution in [0.3, 0.4) is 0 Å². The van der Waals surface area contributed by atoms with Crippen molar-refractivity contribution < 1.29 is 33.6 Å². The lowest BCUT2D eigenvalue weighted by Gasteiger charge is -2.09. The van der Waals surface area contributed by atoms with Crippen LogP contribution in [0.1, 0.15) is 10.4 Å². The van der Waals surface area contributed by atoms with Gasteiger partial charge in [-0.1, -0.05) is 30.3 Å². The van der Waals surface area contributed by atoms with Gasteiger partial charge in [-0.2, -0.15) is 0 Å². The van der Waals surface area contributed by atoms with E-state index < -0.39 is 18.0 Å². The van der Waals surface area contributed by atoms with Gasteiger partial charge in [0.25, 0.3) is 5.91 Å². The summed E-state index contributed by atoms with van der Waals surface area (Å²) in [5, 5.41) is 2.07. The molecular weight excluding hydrogens is 342 g/mol. The van der Waals surface area contributed by atoms with Crippen molar-refractivity contribution in [1.29, 1.82) is 0 Å². The summed E-state index contributed by atoms with van der Waals surface area (Å²) in [6.45, 7) is 0. The van der Waals surface area contributed by atoms with E-state index in [1.807, 2.05) is 0 Å². The fourth-order valence-electron chi connectivity index (χ4n) is 1.72. The number of hydrogen-bond donors (Lipinski definition) is 1. The van der Waals surface area contributed by atoms with Crippen molar-refractivity contribution in [1.82, 2.24) is 5.32 Å². The summed E-state index contributed by atoms with van der Waals surface area (Å²) in [5.41, 5.74) is 0.299. The first-order valence-corrected chi connectivity index (χ1v) is 7.35. The first-order chi connectivity index (χ1) is 12.6. The summed E-state index contributed by atoms with van der Waals surface area (Å²) in [6.07, 6.45) is 1.09. The molecule has 134 valence electrons. The summed E-state index contributed by atoms with van der Waals surface area (Å²) in [7, 11) is 1.36. The fraction of sp³-hybridized carbons (Fsp3) is 0.0556. The number of rotatable bonds is 6. The number of amides is 2. The summed E-state index contributed by atoms with van der Waals surface area (Å²) >= 11 is 0. The van der Waals surface area contributed by atoms with Crippen molar-refractivity contribution in [2.45, 2.75) is 0 Å². The smallest absolute Gasteiger partial charge is 0.419 e. The number of hydrogen-bond acceptors (Lipinski definition) is 7. The largest absolute Gasteiger partial charge is 0.504 e. The SMILES string of the molecule is COC=CC(=O)OOc1ccccc1OC(=O)NC(=O)c1ccccc1. The quantitative estimate of drug-likeness (QED) is 0.367. The normalized spacial score (nSPS) is 10.0. The summed E-state index contributed by atoms with van der Waals surface area (Å²) in [6, 6.07) is 14.1. The highest BCUT2D eigenvalue weighted by Gasteiger charge is 2.15. The predicted molar refractivity (Wildman–Crippen MR) is 89.2 cm³/mol. The molecule has 8 heteroatoms. The van der Waals surface area contributed by atoms with Crippen LogP contribution in [0, 0.1) is 0 Å². The fourth-order valence-corrected chi connectivity index (χ4v) is 1.72. The Balaban J connectivity index is 1.96. The molecule has 0 saturated heterocycles. The maximum Gasteiger partial charge on any atom is 0.419 e. The van der Waals surface area contributed by atoms with E-state index in [9.17, 15) is 14.4 Å². The Morgan fingerprint density at radius 3 is 2.27 bits per heavy atom. The number of ether oxygens (including phenoxy) is 2. The second-order valence-electron chi connectivity index (χ2n) is 4.68. The number of carbonyl (C=O) groups is 3. The van der Waals surface area contributed by atoms with Gasteiger partial charge in [0.15, 0.2) is 5.75 Å². The van der Waals surface area contributed by atoms with E-state index in [1.165, 1.54) is 19.2 Å². The number of methoxy groups -OCH3 is 1. The Morgan fingerprint density at radius 1 is 0.923 bits per heavy atom. The average Bonchev–Trinajstić information content (AvgIpc) is 2.66. The highest BCUT2D eigenvalue weighted by Crippen LogP contribution is 2.26. The molecule has 2 aromatic rings. The molecule has 2 rings (SSSR count). The molecular formula is C18H15NO7. The van der Waals surface area contributed by atoms with E-state index in [2.05, 4.69) is 14.9 Å². The van der Waals surface area contributed by atoms with Gasteiger partial charge in [-0.3, -0.25) is 15.0 Å². The van der Waals surface area contributed by atoms with Crippen LogP contribution in [0.2, 0.25) is 0 Å². The van der Waals surface area contributed by atoms with Crippen LogP contribution in [-0.4, -0.2) is 25.1 Å². The monoisotopic (exact) mass is 357 g/mol. The van der Waals surface area contributed by atoms with Crippen LogP contribution < -0.4 is 14.9 Å². The molecule has 0 bridgehead atoms. The predicted octanol–water partition coefficient (Wildman–Crippen LogP) is 2.61. The van der Waals surface area contributed by atoms with Gasteiger partial charge < -0.3 is 9.47 Å². The number of para-hydroxylation sites is 2. The maximum absolute atomic E-state index is 11.9. The topological polar surface area (TPSA) is 100 Å². The van der Waals surface area contributed by atoms with E-state index in [4.69, 9.17) is 9.62 Å². The molecule has 0 aliphatic heterocycles. The van der Waals surface area contributed by atoms with Crippen molar-refractivity contribution in [3.63, 3.8) is 0 Å². The van der Waals surface area contributed by atoms with Gasteiger partial charge in [-0.25, -0.2) is 14.5 Å². The summed E-state index contributed by atoms with van der Waals surface area (Å²) < 4.78 is 9.59. The van der Waals surface area contributed by atoms with Crippen LogP contribution in [0.15, 0.2) is 66.9 Å². The molecule has 0 fully saturated rings. The lowest BCUT2D eigenvalue weighted by Crippen LogP contribution is -2.33. The molecule has 0 aliphatic carbocycles. The van der Waals surface area contributed by atoms with Gasteiger partial charge in [0, 0.05) is 5.56 Å². The van der Waals surface area contributed by atoms with E-state index in [-0.39, 0.29) is 11.5 Å². The molecule has 0 aliphatic rings. The molecule has 1 N–H and O–H groups in total. The zero-order chi connectivity index (χ0) is 18.8. The zero-order valence-electron chi connectivity index (χ0n) is 13.7. The third kappa shape index (κ3) is 5.68. The van der Waals surface area contributed by atoms with Crippen LogP contribution >= 0.6 is 0 Å². The van der Waals surface area contributed by atoms with Gasteiger partial charge in [0.2, 0.25) is 5.75 Å². The van der Waals surface area contributed by atoms with Crippen LogP contribution in [0.4, 0.5) is 4.79 Å². The Kier molecular flexibility index (Phi) is 6.75. The third-order valence-electron chi connectivity index (χ3n) is 2.86. The Hall–Kier alpha value is -3.81. The molecule has 0 aromatic heterocycles. The Morgan fingerprint density at radius 2 is 1.58 bits per heavy atom. The van der Waals surface area contributed by atoms with E-state index in [0.29, 0.717) is 5.56 Å². The van der Waals surface area contributed by atoms with Crippen LogP contribution in [0.5, 0.6) is 11.5 Å². The van der Waals surface area contributed by atoms with Crippen LogP contribution in [-0.2, 0) is 14.4 Å². The average molecular weight is 357 g/mol. The van der Waals surface area contributed by atoms with Gasteiger partial charge in [0.1, 0.15) is 0 Å². The molecule has 26 heavy (non-hydrogen) atoms. The first-order valence-electron chi connectivity index (χ1n) is 7.35. The third-order valence-corrected chi connectivity index (χ3v) is 2.86. The van der Waals surface area contributed by atoms with Crippen LogP contribution in [0.25, 0.3) is 0 Å². The highest BCUT2D eigenvalue weighted by atomic mass is 17.2. The molecule has 0 unspecified atom stereocenters. The van der Waals surface area contributed by atoms with Crippen molar-refractivity contribution >= 4 is 18.0 Å². The lowest BCUT2D eigenvalue weighted by atomic mass is 10.2. The first kappa shape index (κ1) is 18.5. The minimum absolute atomic E-state index is 0.0334. The number of imide groups is 1. The van der Waals surface area contributed by atoms with Crippen molar-refractivity contribution in [2.24, 2.45) is 0 Å². The van der Waals surface area contributed by atoms with Crippen molar-refractivity contribution in [2.75, 3.05) is 7.11 Å². The van der Waals surface area contributed by atoms with Crippen molar-refractivity contribution in [3.05, 3.63) is 72.5 Å². The molecule has 0 spiro atoms. The second-order valence-corrected chi connectivity index (χ2v) is 4.68. The van der Waals surface area contributed by atoms with Gasteiger partial charge in [-0.15, -0.1) is 0 Å². The molecule has 0 radical (unpaired) electrons. The van der Waals surface area contributed by atoms with Gasteiger partial charge in [-0.05, 0) is 24.3 Å². The Bertz CT molecular complexity index is 802. The van der Waals surface area contributed by atoms with E-state index in [0.717, 1.165) is 12.3 Å². The molecule has 2 aromatic carbocycles. The van der Waals surface area contributed by atoms with Gasteiger partial charge >= 0.3 is 12.1 Å². The minimum Gasteiger partial charge on any atom is -0.504 e. The molecule has 0 heterocycles. The standard InChI is InChI=1S/C18H15NO7/c1-23-12-11-16(20)26-25-15-10-6-5-9-14(15)24-18(22)19-17(21)13-7-3-2-4-8-13/h2-12H,1H3,(H,19,21,22). The Labute approximate surface area is 148 Å². The second kappa shape index (κ2) is 9.48. The van der Waals surface area contributed by atoms with E-state index >= 15 is 0 Å². The van der Waals surface area contributed by atoms with Crippen molar-refractivity contribution in [3.8, 4) is 11.5 Å². The lowest BCUT2D eigenvalue weighted by molar-refractivity contribution is -0.207. The zero-order valence-corrected chi connectivity index (χ0v) is 13.7. The van der Waals surface area contributed by atoms with E-state index in [1.54, 1.807) is 42.5 Å². The minimum atomic E-state index is -1.01. The highest BCUT2D eigenvalue weighted by molar-refractivity contribution is 6.03. The molecule has 8 nitrogen and oxygen atoms in total. The number of nitrogens with one attached hydrogen (secondary N) is 1. The van der Waals surface area contributed by atoms with Gasteiger partial charge in [0.05, 0.1) is 19.4 Å². The molecule has 2 amide bonds.